The van der Waals surface area contributed by atoms with Crippen LogP contribution in [-0.2, 0) is 0 Å². The fraction of sp³-hybridized carbons (Fsp3) is 0. The fourth-order valence-electron chi connectivity index (χ4n) is 6.13. The van der Waals surface area contributed by atoms with Crippen molar-refractivity contribution in [1.82, 2.24) is 23.7 Å². The van der Waals surface area contributed by atoms with Crippen LogP contribution >= 0.6 is 0 Å². The molecular formula is C38H25N5O. The standard InChI is InChI=1S/C38H25N5O/c1-2-17-39-33(10-1)26-8-7-9-30(22-26)43-35-15-12-28(41-18-3-4-19-41)24-32(35)31-14-11-27(23-36(31)43)38-40-34-25-29(13-16-37(34)44-38)42-20-5-6-21-42/h1-25H. The van der Waals surface area contributed by atoms with Crippen LogP contribution in [-0.4, -0.2) is 23.7 Å². The lowest BCUT2D eigenvalue weighted by Crippen LogP contribution is -1.95. The molecule has 4 aromatic carbocycles. The maximum absolute atomic E-state index is 6.30. The topological polar surface area (TPSA) is 53.7 Å². The van der Waals surface area contributed by atoms with E-state index in [1.54, 1.807) is 0 Å². The Bertz CT molecular complexity index is 2430. The van der Waals surface area contributed by atoms with Crippen molar-refractivity contribution < 1.29 is 4.42 Å². The van der Waals surface area contributed by atoms with E-state index < -0.39 is 0 Å². The van der Waals surface area contributed by atoms with Gasteiger partial charge in [0.15, 0.2) is 5.58 Å². The molecule has 0 saturated heterocycles. The lowest BCUT2D eigenvalue weighted by atomic mass is 10.1. The summed E-state index contributed by atoms with van der Waals surface area (Å²) in [5.74, 6) is 0.596. The number of benzene rings is 4. The van der Waals surface area contributed by atoms with Crippen LogP contribution in [0.15, 0.2) is 157 Å². The SMILES string of the molecule is c1ccc(-c2cccc(-n3c4ccc(-n5cccc5)cc4c4ccc(-c5nc6cc(-n7cccc7)ccc6o5)cc43)c2)nc1. The van der Waals surface area contributed by atoms with E-state index in [1.165, 1.54) is 5.39 Å². The van der Waals surface area contributed by atoms with Gasteiger partial charge in [-0.25, -0.2) is 4.98 Å². The molecule has 9 aromatic rings. The molecule has 5 heterocycles. The lowest BCUT2D eigenvalue weighted by Gasteiger charge is -2.11. The molecule has 6 heteroatoms. The third-order valence-electron chi connectivity index (χ3n) is 8.24. The minimum Gasteiger partial charge on any atom is -0.436 e. The van der Waals surface area contributed by atoms with Gasteiger partial charge < -0.3 is 18.1 Å². The van der Waals surface area contributed by atoms with Crippen LogP contribution < -0.4 is 0 Å². The van der Waals surface area contributed by atoms with Crippen LogP contribution in [0.2, 0.25) is 0 Å². The highest BCUT2D eigenvalue weighted by Gasteiger charge is 2.17. The molecule has 0 aliphatic carbocycles. The van der Waals surface area contributed by atoms with Crippen LogP contribution in [0.3, 0.4) is 0 Å². The van der Waals surface area contributed by atoms with Crippen molar-refractivity contribution in [3.8, 4) is 39.8 Å². The number of hydrogen-bond acceptors (Lipinski definition) is 3. The first-order valence-electron chi connectivity index (χ1n) is 14.6. The van der Waals surface area contributed by atoms with Gasteiger partial charge in [0, 0.05) is 69.9 Å². The van der Waals surface area contributed by atoms with Gasteiger partial charge in [-0.2, -0.15) is 0 Å². The minimum absolute atomic E-state index is 0.596. The van der Waals surface area contributed by atoms with Gasteiger partial charge in [0.2, 0.25) is 5.89 Å². The predicted molar refractivity (Wildman–Crippen MR) is 176 cm³/mol. The van der Waals surface area contributed by atoms with E-state index in [0.717, 1.165) is 61.4 Å². The highest BCUT2D eigenvalue weighted by molar-refractivity contribution is 6.10. The Morgan fingerprint density at radius 2 is 1.32 bits per heavy atom. The van der Waals surface area contributed by atoms with Crippen LogP contribution in [0.25, 0.3) is 72.7 Å². The van der Waals surface area contributed by atoms with Crippen LogP contribution in [0.1, 0.15) is 0 Å². The molecule has 0 N–H and O–H groups in total. The monoisotopic (exact) mass is 567 g/mol. The van der Waals surface area contributed by atoms with Gasteiger partial charge in [0.25, 0.3) is 0 Å². The second kappa shape index (κ2) is 9.71. The molecule has 0 spiro atoms. The number of hydrogen-bond donors (Lipinski definition) is 0. The average Bonchev–Trinajstić information content (AvgIpc) is 3.90. The van der Waals surface area contributed by atoms with E-state index in [1.807, 2.05) is 67.1 Å². The second-order valence-corrected chi connectivity index (χ2v) is 10.9. The molecule has 9 rings (SSSR count). The van der Waals surface area contributed by atoms with Crippen molar-refractivity contribution in [3.63, 3.8) is 0 Å². The van der Waals surface area contributed by atoms with E-state index in [-0.39, 0.29) is 0 Å². The molecule has 0 aliphatic heterocycles. The Morgan fingerprint density at radius 1 is 0.523 bits per heavy atom. The lowest BCUT2D eigenvalue weighted by molar-refractivity contribution is 0.620. The summed E-state index contributed by atoms with van der Waals surface area (Å²) in [7, 11) is 0. The van der Waals surface area contributed by atoms with Gasteiger partial charge in [0.05, 0.1) is 16.7 Å². The van der Waals surface area contributed by atoms with E-state index in [9.17, 15) is 0 Å². The highest BCUT2D eigenvalue weighted by Crippen LogP contribution is 2.37. The normalized spacial score (nSPS) is 11.6. The highest BCUT2D eigenvalue weighted by atomic mass is 16.3. The van der Waals surface area contributed by atoms with Gasteiger partial charge >= 0.3 is 0 Å². The molecule has 0 bridgehead atoms. The third-order valence-corrected chi connectivity index (χ3v) is 8.24. The van der Waals surface area contributed by atoms with Crippen molar-refractivity contribution in [3.05, 3.63) is 152 Å². The number of oxazole rings is 1. The van der Waals surface area contributed by atoms with E-state index in [2.05, 4.69) is 104 Å². The van der Waals surface area contributed by atoms with Crippen molar-refractivity contribution >= 4 is 32.9 Å². The number of pyridine rings is 1. The van der Waals surface area contributed by atoms with E-state index in [4.69, 9.17) is 9.40 Å². The van der Waals surface area contributed by atoms with Gasteiger partial charge in [0.1, 0.15) is 5.52 Å². The first-order valence-corrected chi connectivity index (χ1v) is 14.6. The van der Waals surface area contributed by atoms with Gasteiger partial charge in [-0.05, 0) is 97.1 Å². The smallest absolute Gasteiger partial charge is 0.227 e. The molecule has 208 valence electrons. The number of rotatable bonds is 5. The van der Waals surface area contributed by atoms with E-state index >= 15 is 0 Å². The maximum atomic E-state index is 6.30. The molecule has 0 aliphatic rings. The van der Waals surface area contributed by atoms with Crippen LogP contribution in [0.4, 0.5) is 0 Å². The van der Waals surface area contributed by atoms with Gasteiger partial charge in [-0.1, -0.05) is 24.3 Å². The molecule has 6 nitrogen and oxygen atoms in total. The number of aromatic nitrogens is 5. The van der Waals surface area contributed by atoms with E-state index in [0.29, 0.717) is 5.89 Å². The zero-order valence-electron chi connectivity index (χ0n) is 23.6. The minimum atomic E-state index is 0.596. The molecule has 5 aromatic heterocycles. The summed E-state index contributed by atoms with van der Waals surface area (Å²) in [5.41, 5.74) is 9.94. The molecule has 0 radical (unpaired) electrons. The summed E-state index contributed by atoms with van der Waals surface area (Å²) in [5, 5.41) is 2.34. The number of fused-ring (bicyclic) bond motifs is 4. The summed E-state index contributed by atoms with van der Waals surface area (Å²) in [6.45, 7) is 0. The summed E-state index contributed by atoms with van der Waals surface area (Å²) in [6.07, 6.45) is 10.0. The van der Waals surface area contributed by atoms with Crippen molar-refractivity contribution in [2.75, 3.05) is 0 Å². The second-order valence-electron chi connectivity index (χ2n) is 10.9. The average molecular weight is 568 g/mol. The molecule has 0 fully saturated rings. The summed E-state index contributed by atoms with van der Waals surface area (Å²) in [6, 6.07) is 41.9. The van der Waals surface area contributed by atoms with Crippen molar-refractivity contribution in [1.29, 1.82) is 0 Å². The molecule has 0 amide bonds. The first kappa shape index (κ1) is 24.5. The third kappa shape index (κ3) is 3.96. The largest absolute Gasteiger partial charge is 0.436 e. The predicted octanol–water partition coefficient (Wildman–Crippen LogP) is 9.24. The quantitative estimate of drug-likeness (QED) is 0.208. The molecule has 0 saturated carbocycles. The zero-order valence-corrected chi connectivity index (χ0v) is 23.6. The summed E-state index contributed by atoms with van der Waals surface area (Å²) < 4.78 is 12.8. The van der Waals surface area contributed by atoms with Gasteiger partial charge in [-0.15, -0.1) is 0 Å². The Labute approximate surface area is 252 Å². The Kier molecular flexibility index (Phi) is 5.40. The van der Waals surface area contributed by atoms with Gasteiger partial charge in [-0.3, -0.25) is 4.98 Å². The van der Waals surface area contributed by atoms with Crippen molar-refractivity contribution in [2.24, 2.45) is 0 Å². The maximum Gasteiger partial charge on any atom is 0.227 e. The molecule has 0 unspecified atom stereocenters. The zero-order chi connectivity index (χ0) is 29.0. The summed E-state index contributed by atoms with van der Waals surface area (Å²) >= 11 is 0. The first-order chi connectivity index (χ1) is 21.8. The molecule has 0 atom stereocenters. The Balaban J connectivity index is 1.25. The molecular weight excluding hydrogens is 542 g/mol. The molecule has 44 heavy (non-hydrogen) atoms. The van der Waals surface area contributed by atoms with Crippen LogP contribution in [0, 0.1) is 0 Å². The fourth-order valence-corrected chi connectivity index (χ4v) is 6.13. The Hall–Kier alpha value is -6.14. The van der Waals surface area contributed by atoms with Crippen molar-refractivity contribution in [2.45, 2.75) is 0 Å². The summed E-state index contributed by atoms with van der Waals surface area (Å²) in [4.78, 5) is 9.52. The Morgan fingerprint density at radius 3 is 2.11 bits per heavy atom. The number of nitrogens with zero attached hydrogens (tertiary/aromatic N) is 5. The van der Waals surface area contributed by atoms with Crippen LogP contribution in [0.5, 0.6) is 0 Å².